The topological polar surface area (TPSA) is 62.5 Å². The van der Waals surface area contributed by atoms with Crippen LogP contribution in [-0.4, -0.2) is 17.5 Å². The Morgan fingerprint density at radius 1 is 1.00 bits per heavy atom. The summed E-state index contributed by atoms with van der Waals surface area (Å²) in [7, 11) is 0. The summed E-state index contributed by atoms with van der Waals surface area (Å²) in [4.78, 5) is 11.5. The second-order valence-corrected chi connectivity index (χ2v) is 7.50. The second kappa shape index (κ2) is 11.9. The second-order valence-electron chi connectivity index (χ2n) is 6.36. The van der Waals surface area contributed by atoms with Crippen molar-refractivity contribution in [2.75, 3.05) is 6.54 Å². The fourth-order valence-corrected chi connectivity index (χ4v) is 3.41. The van der Waals surface area contributed by atoms with E-state index in [9.17, 15) is 0 Å². The normalized spacial score (nSPS) is 11.1. The summed E-state index contributed by atoms with van der Waals surface area (Å²) in [6, 6.07) is 18.9. The average molecular weight is 522 g/mol. The van der Waals surface area contributed by atoms with Gasteiger partial charge in [-0.25, -0.2) is 9.98 Å². The van der Waals surface area contributed by atoms with Gasteiger partial charge in [0.25, 0.3) is 0 Å². The molecular weight excluding hydrogens is 495 g/mol. The van der Waals surface area contributed by atoms with Crippen molar-refractivity contribution in [1.82, 2.24) is 15.6 Å². The SMILES string of the molecule is CCNC(=NCc1ccc(Sc2ccccc2)cc1)NCc1nc(C)c(C)o1.I. The van der Waals surface area contributed by atoms with E-state index < -0.39 is 0 Å². The van der Waals surface area contributed by atoms with Crippen molar-refractivity contribution in [2.45, 2.75) is 43.7 Å². The quantitative estimate of drug-likeness (QED) is 0.250. The van der Waals surface area contributed by atoms with E-state index in [0.717, 1.165) is 29.5 Å². The van der Waals surface area contributed by atoms with Crippen molar-refractivity contribution in [3.05, 3.63) is 77.5 Å². The molecule has 0 amide bonds. The number of aryl methyl sites for hydroxylation is 2. The maximum Gasteiger partial charge on any atom is 0.214 e. The number of halogens is 1. The van der Waals surface area contributed by atoms with Crippen LogP contribution in [0.4, 0.5) is 0 Å². The number of nitrogens with one attached hydrogen (secondary N) is 2. The van der Waals surface area contributed by atoms with E-state index in [1.807, 2.05) is 26.8 Å². The Morgan fingerprint density at radius 3 is 2.31 bits per heavy atom. The van der Waals surface area contributed by atoms with Crippen LogP contribution in [0.2, 0.25) is 0 Å². The third-order valence-corrected chi connectivity index (χ3v) is 5.16. The van der Waals surface area contributed by atoms with Gasteiger partial charge in [-0.15, -0.1) is 24.0 Å². The van der Waals surface area contributed by atoms with Crippen LogP contribution in [0, 0.1) is 13.8 Å². The van der Waals surface area contributed by atoms with Crippen molar-refractivity contribution >= 4 is 41.7 Å². The van der Waals surface area contributed by atoms with Crippen LogP contribution in [0.5, 0.6) is 0 Å². The number of aromatic nitrogens is 1. The summed E-state index contributed by atoms with van der Waals surface area (Å²) >= 11 is 1.76. The van der Waals surface area contributed by atoms with Crippen molar-refractivity contribution in [2.24, 2.45) is 4.99 Å². The zero-order chi connectivity index (χ0) is 19.8. The minimum absolute atomic E-state index is 0. The van der Waals surface area contributed by atoms with Crippen LogP contribution in [0.3, 0.4) is 0 Å². The molecule has 2 N–H and O–H groups in total. The standard InChI is InChI=1S/C22H26N4OS.HI/c1-4-23-22(25-15-21-26-16(2)17(3)27-21)24-14-18-10-12-20(13-11-18)28-19-8-6-5-7-9-19;/h5-13H,4,14-15H2,1-3H3,(H2,23,24,25);1H. The van der Waals surface area contributed by atoms with Crippen molar-refractivity contribution in [3.63, 3.8) is 0 Å². The summed E-state index contributed by atoms with van der Waals surface area (Å²) in [5, 5.41) is 6.52. The lowest BCUT2D eigenvalue weighted by molar-refractivity contribution is 0.463. The molecule has 0 spiro atoms. The first kappa shape index (κ1) is 23.3. The fourth-order valence-electron chi connectivity index (χ4n) is 2.57. The van der Waals surface area contributed by atoms with Gasteiger partial charge in [-0.3, -0.25) is 0 Å². The van der Waals surface area contributed by atoms with Crippen LogP contribution in [-0.2, 0) is 13.1 Å². The number of benzene rings is 2. The van der Waals surface area contributed by atoms with E-state index in [1.165, 1.54) is 9.79 Å². The third kappa shape index (κ3) is 7.40. The molecule has 154 valence electrons. The molecule has 0 radical (unpaired) electrons. The number of hydrogen-bond donors (Lipinski definition) is 2. The highest BCUT2D eigenvalue weighted by molar-refractivity contribution is 14.0. The van der Waals surface area contributed by atoms with Gasteiger partial charge < -0.3 is 15.1 Å². The number of aliphatic imine (C=N–C) groups is 1. The Balaban J connectivity index is 0.00000300. The van der Waals surface area contributed by atoms with E-state index in [4.69, 9.17) is 4.42 Å². The molecule has 7 heteroatoms. The smallest absolute Gasteiger partial charge is 0.214 e. The summed E-state index contributed by atoms with van der Waals surface area (Å²) < 4.78 is 5.61. The van der Waals surface area contributed by atoms with E-state index in [0.29, 0.717) is 19.0 Å². The highest BCUT2D eigenvalue weighted by Gasteiger charge is 2.06. The molecule has 1 heterocycles. The molecule has 0 saturated heterocycles. The summed E-state index contributed by atoms with van der Waals surface area (Å²) in [5.74, 6) is 2.27. The zero-order valence-corrected chi connectivity index (χ0v) is 20.1. The molecule has 0 aliphatic rings. The van der Waals surface area contributed by atoms with Crippen LogP contribution in [0.25, 0.3) is 0 Å². The molecule has 0 saturated carbocycles. The number of rotatable bonds is 7. The van der Waals surface area contributed by atoms with E-state index >= 15 is 0 Å². The Hall–Kier alpha value is -2.00. The summed E-state index contributed by atoms with van der Waals surface area (Å²) in [5.41, 5.74) is 2.09. The summed E-state index contributed by atoms with van der Waals surface area (Å²) in [6.45, 7) is 7.82. The highest BCUT2D eigenvalue weighted by atomic mass is 127. The number of nitrogens with zero attached hydrogens (tertiary/aromatic N) is 2. The number of guanidine groups is 1. The van der Waals surface area contributed by atoms with Crippen molar-refractivity contribution in [1.29, 1.82) is 0 Å². The minimum Gasteiger partial charge on any atom is -0.444 e. The lowest BCUT2D eigenvalue weighted by Crippen LogP contribution is -2.36. The van der Waals surface area contributed by atoms with Gasteiger partial charge in [0.05, 0.1) is 18.8 Å². The zero-order valence-electron chi connectivity index (χ0n) is 16.9. The monoisotopic (exact) mass is 522 g/mol. The lowest BCUT2D eigenvalue weighted by Gasteiger charge is -2.10. The van der Waals surface area contributed by atoms with Gasteiger partial charge in [0, 0.05) is 16.3 Å². The van der Waals surface area contributed by atoms with Gasteiger partial charge in [0.1, 0.15) is 5.76 Å². The average Bonchev–Trinajstić information content (AvgIpc) is 3.03. The van der Waals surface area contributed by atoms with Gasteiger partial charge in [0.15, 0.2) is 5.96 Å². The highest BCUT2D eigenvalue weighted by Crippen LogP contribution is 2.27. The van der Waals surface area contributed by atoms with E-state index in [-0.39, 0.29) is 24.0 Å². The van der Waals surface area contributed by atoms with Crippen molar-refractivity contribution in [3.8, 4) is 0 Å². The van der Waals surface area contributed by atoms with Gasteiger partial charge >= 0.3 is 0 Å². The predicted molar refractivity (Wildman–Crippen MR) is 130 cm³/mol. The predicted octanol–water partition coefficient (Wildman–Crippen LogP) is 5.32. The molecule has 3 rings (SSSR count). The lowest BCUT2D eigenvalue weighted by atomic mass is 10.2. The molecular formula is C22H27IN4OS. The number of oxazole rings is 1. The largest absolute Gasteiger partial charge is 0.444 e. The molecule has 1 aromatic heterocycles. The first-order valence-electron chi connectivity index (χ1n) is 9.41. The van der Waals surface area contributed by atoms with Gasteiger partial charge in [-0.2, -0.15) is 0 Å². The molecule has 29 heavy (non-hydrogen) atoms. The van der Waals surface area contributed by atoms with Crippen LogP contribution in [0.15, 0.2) is 73.8 Å². The Kier molecular flexibility index (Phi) is 9.53. The molecule has 0 unspecified atom stereocenters. The summed E-state index contributed by atoms with van der Waals surface area (Å²) in [6.07, 6.45) is 0. The molecule has 0 aliphatic heterocycles. The Labute approximate surface area is 193 Å². The minimum atomic E-state index is 0. The van der Waals surface area contributed by atoms with E-state index in [1.54, 1.807) is 11.8 Å². The molecule has 2 aromatic carbocycles. The first-order chi connectivity index (χ1) is 13.6. The van der Waals surface area contributed by atoms with Gasteiger partial charge in [-0.05, 0) is 50.6 Å². The van der Waals surface area contributed by atoms with Crippen LogP contribution in [0.1, 0.15) is 29.8 Å². The third-order valence-electron chi connectivity index (χ3n) is 4.15. The Morgan fingerprint density at radius 2 is 1.69 bits per heavy atom. The maximum atomic E-state index is 5.61. The fraction of sp³-hybridized carbons (Fsp3) is 0.273. The number of hydrogen-bond acceptors (Lipinski definition) is 4. The molecule has 5 nitrogen and oxygen atoms in total. The molecule has 0 bridgehead atoms. The van der Waals surface area contributed by atoms with Crippen LogP contribution < -0.4 is 10.6 Å². The van der Waals surface area contributed by atoms with Crippen molar-refractivity contribution < 1.29 is 4.42 Å². The van der Waals surface area contributed by atoms with E-state index in [2.05, 4.69) is 69.1 Å². The molecule has 0 atom stereocenters. The first-order valence-corrected chi connectivity index (χ1v) is 10.2. The van der Waals surface area contributed by atoms with Crippen LogP contribution >= 0.6 is 35.7 Å². The Bertz CT molecular complexity index is 891. The molecule has 3 aromatic rings. The van der Waals surface area contributed by atoms with Gasteiger partial charge in [0.2, 0.25) is 5.89 Å². The van der Waals surface area contributed by atoms with Gasteiger partial charge in [-0.1, -0.05) is 42.1 Å². The molecule has 0 fully saturated rings. The molecule has 0 aliphatic carbocycles. The maximum absolute atomic E-state index is 5.61.